The van der Waals surface area contributed by atoms with Crippen LogP contribution in [0.1, 0.15) is 0 Å². The minimum Gasteiger partial charge on any atom is -0.248 e. The van der Waals surface area contributed by atoms with E-state index in [1.54, 1.807) is 0 Å². The standard InChI is InChI=1S/C24H26N2Si2/c1-27(2,3)15-11-12-19-17(13-15)22-20(25-19)14-21(28(4,5)6)23-16-9-7-8-10-18(16)26-24(22)23/h7-14H,1-6H3. The summed E-state index contributed by atoms with van der Waals surface area (Å²) in [5, 5.41) is 7.79. The first kappa shape index (κ1) is 17.8. The third kappa shape index (κ3) is 2.51. The van der Waals surface area contributed by atoms with Crippen LogP contribution in [0.25, 0.3) is 11.1 Å². The van der Waals surface area contributed by atoms with Crippen LogP contribution in [-0.4, -0.2) is 16.1 Å². The van der Waals surface area contributed by atoms with Gasteiger partial charge in [0.2, 0.25) is 0 Å². The molecule has 0 saturated heterocycles. The van der Waals surface area contributed by atoms with Gasteiger partial charge in [0.05, 0.1) is 38.2 Å². The van der Waals surface area contributed by atoms with E-state index >= 15 is 0 Å². The highest BCUT2D eigenvalue weighted by atomic mass is 28.3. The molecular formula is C24H26N2Si2. The highest BCUT2D eigenvalue weighted by Gasteiger charge is 2.28. The van der Waals surface area contributed by atoms with Crippen molar-refractivity contribution in [3.05, 3.63) is 69.7 Å². The van der Waals surface area contributed by atoms with Crippen LogP contribution in [0.2, 0.25) is 39.3 Å². The number of para-hydroxylation sites is 1. The van der Waals surface area contributed by atoms with E-state index in [0.29, 0.717) is 0 Å². The first-order valence-corrected chi connectivity index (χ1v) is 17.0. The third-order valence-corrected chi connectivity index (χ3v) is 9.92. The highest BCUT2D eigenvalue weighted by Crippen LogP contribution is 2.39. The summed E-state index contributed by atoms with van der Waals surface area (Å²) in [4.78, 5) is 10.2. The predicted octanol–water partition coefficient (Wildman–Crippen LogP) is 4.26. The number of rotatable bonds is 2. The van der Waals surface area contributed by atoms with E-state index in [2.05, 4.69) is 87.8 Å². The summed E-state index contributed by atoms with van der Waals surface area (Å²) in [7, 11) is -2.95. The van der Waals surface area contributed by atoms with E-state index < -0.39 is 16.1 Å². The lowest BCUT2D eigenvalue weighted by atomic mass is 10.0. The molecule has 3 aromatic carbocycles. The van der Waals surface area contributed by atoms with Gasteiger partial charge in [-0.1, -0.05) is 74.8 Å². The molecule has 0 atom stereocenters. The quantitative estimate of drug-likeness (QED) is 0.397. The summed E-state index contributed by atoms with van der Waals surface area (Å²) < 4.78 is 0. The fourth-order valence-electron chi connectivity index (χ4n) is 4.32. The molecule has 0 aliphatic carbocycles. The molecule has 0 N–H and O–H groups in total. The molecule has 0 unspecified atom stereocenters. The zero-order valence-electron chi connectivity index (χ0n) is 17.5. The van der Waals surface area contributed by atoms with Gasteiger partial charge < -0.3 is 0 Å². The maximum atomic E-state index is 5.13. The average Bonchev–Trinajstić information content (AvgIpc) is 3.16. The molecule has 0 fully saturated rings. The Kier molecular flexibility index (Phi) is 3.56. The van der Waals surface area contributed by atoms with Crippen molar-refractivity contribution >= 4 is 37.9 Å². The van der Waals surface area contributed by atoms with Crippen LogP contribution >= 0.6 is 0 Å². The summed E-state index contributed by atoms with van der Waals surface area (Å²) in [6.45, 7) is 14.5. The van der Waals surface area contributed by atoms with Gasteiger partial charge >= 0.3 is 0 Å². The molecule has 2 aliphatic rings. The van der Waals surface area contributed by atoms with E-state index in [1.807, 2.05) is 0 Å². The van der Waals surface area contributed by atoms with E-state index in [0.717, 1.165) is 22.1 Å². The molecule has 3 aromatic rings. The molecule has 28 heavy (non-hydrogen) atoms. The summed E-state index contributed by atoms with van der Waals surface area (Å²) in [5.41, 5.74) is 4.75. The van der Waals surface area contributed by atoms with Crippen LogP contribution in [0.5, 0.6) is 0 Å². The molecule has 0 saturated carbocycles. The molecule has 0 spiro atoms. The Hall–Kier alpha value is -2.31. The number of nitrogens with zero attached hydrogens (tertiary/aromatic N) is 2. The second kappa shape index (κ2) is 5.61. The predicted molar refractivity (Wildman–Crippen MR) is 124 cm³/mol. The molecule has 0 radical (unpaired) electrons. The smallest absolute Gasteiger partial charge is 0.0816 e. The van der Waals surface area contributed by atoms with E-state index in [-0.39, 0.29) is 0 Å². The van der Waals surface area contributed by atoms with Gasteiger partial charge in [0.15, 0.2) is 0 Å². The lowest BCUT2D eigenvalue weighted by Crippen LogP contribution is -2.40. The Morgan fingerprint density at radius 1 is 0.714 bits per heavy atom. The lowest BCUT2D eigenvalue weighted by molar-refractivity contribution is 1.36. The SMILES string of the molecule is C[Si](C)(C)c1ccc2c(c1)-c1c3c(c([Si](C)(C)C)cc1=N2)=c1ccccc1=N3. The molecule has 0 aromatic heterocycles. The molecule has 2 heterocycles. The van der Waals surface area contributed by atoms with E-state index in [9.17, 15) is 0 Å². The van der Waals surface area contributed by atoms with Crippen LogP contribution < -0.4 is 21.1 Å². The fourth-order valence-corrected chi connectivity index (χ4v) is 7.05. The topological polar surface area (TPSA) is 24.7 Å². The summed E-state index contributed by atoms with van der Waals surface area (Å²) in [5.74, 6) is 0. The molecule has 5 rings (SSSR count). The molecule has 2 aliphatic heterocycles. The Bertz CT molecular complexity index is 1370. The van der Waals surface area contributed by atoms with Gasteiger partial charge in [-0.3, -0.25) is 0 Å². The monoisotopic (exact) mass is 398 g/mol. The lowest BCUT2D eigenvalue weighted by Gasteiger charge is -2.20. The summed E-state index contributed by atoms with van der Waals surface area (Å²) >= 11 is 0. The Labute approximate surface area is 168 Å². The van der Waals surface area contributed by atoms with Crippen molar-refractivity contribution in [2.75, 3.05) is 0 Å². The normalized spacial score (nSPS) is 13.9. The van der Waals surface area contributed by atoms with Crippen molar-refractivity contribution in [1.29, 1.82) is 0 Å². The maximum absolute atomic E-state index is 5.13. The zero-order valence-corrected chi connectivity index (χ0v) is 19.5. The van der Waals surface area contributed by atoms with Crippen LogP contribution in [0, 0.1) is 10.4 Å². The van der Waals surface area contributed by atoms with Crippen molar-refractivity contribution < 1.29 is 0 Å². The molecule has 2 nitrogen and oxygen atoms in total. The minimum absolute atomic E-state index is 1.10. The van der Waals surface area contributed by atoms with Gasteiger partial charge in [0.25, 0.3) is 0 Å². The van der Waals surface area contributed by atoms with Crippen LogP contribution in [0.15, 0.2) is 58.5 Å². The molecule has 140 valence electrons. The molecule has 0 bridgehead atoms. The number of hydrogen-bond donors (Lipinski definition) is 0. The van der Waals surface area contributed by atoms with Crippen molar-refractivity contribution in [2.24, 2.45) is 9.98 Å². The highest BCUT2D eigenvalue weighted by molar-refractivity contribution is 6.89. The first-order valence-electron chi connectivity index (χ1n) is 10.0. The van der Waals surface area contributed by atoms with Crippen LogP contribution in [-0.2, 0) is 0 Å². The third-order valence-electron chi connectivity index (χ3n) is 5.87. The van der Waals surface area contributed by atoms with Crippen molar-refractivity contribution in [3.63, 3.8) is 0 Å². The van der Waals surface area contributed by atoms with Gasteiger partial charge in [-0.15, -0.1) is 0 Å². The van der Waals surface area contributed by atoms with Crippen LogP contribution in [0.4, 0.5) is 11.4 Å². The first-order chi connectivity index (χ1) is 13.1. The molecule has 0 amide bonds. The van der Waals surface area contributed by atoms with Gasteiger partial charge in [0.1, 0.15) is 0 Å². The number of benzene rings is 3. The zero-order chi connectivity index (χ0) is 19.8. The average molecular weight is 399 g/mol. The fraction of sp³-hybridized carbons (Fsp3) is 0.250. The van der Waals surface area contributed by atoms with Crippen molar-refractivity contribution in [2.45, 2.75) is 39.3 Å². The van der Waals surface area contributed by atoms with Gasteiger partial charge in [-0.25, -0.2) is 9.98 Å². The summed E-state index contributed by atoms with van der Waals surface area (Å²) in [6, 6.07) is 17.8. The second-order valence-electron chi connectivity index (χ2n) is 10.0. The minimum atomic E-state index is -1.56. The Morgan fingerprint density at radius 3 is 2.18 bits per heavy atom. The summed E-state index contributed by atoms with van der Waals surface area (Å²) in [6.07, 6.45) is 0. The second-order valence-corrected chi connectivity index (χ2v) is 20.1. The number of hydrogen-bond acceptors (Lipinski definition) is 2. The maximum Gasteiger partial charge on any atom is 0.0816 e. The van der Waals surface area contributed by atoms with Crippen molar-refractivity contribution in [3.8, 4) is 11.1 Å². The Morgan fingerprint density at radius 2 is 1.46 bits per heavy atom. The van der Waals surface area contributed by atoms with E-state index in [1.165, 1.54) is 31.9 Å². The van der Waals surface area contributed by atoms with Crippen LogP contribution in [0.3, 0.4) is 0 Å². The Balaban J connectivity index is 1.95. The molecular weight excluding hydrogens is 372 g/mol. The van der Waals surface area contributed by atoms with Gasteiger partial charge in [0, 0.05) is 21.6 Å². The molecule has 4 heteroatoms. The van der Waals surface area contributed by atoms with E-state index in [4.69, 9.17) is 9.98 Å². The van der Waals surface area contributed by atoms with Gasteiger partial charge in [-0.2, -0.15) is 0 Å². The largest absolute Gasteiger partial charge is 0.248 e. The van der Waals surface area contributed by atoms with Crippen molar-refractivity contribution in [1.82, 2.24) is 0 Å². The van der Waals surface area contributed by atoms with Gasteiger partial charge in [-0.05, 0) is 23.4 Å². The number of fused-ring (bicyclic) bond motifs is 6.